The van der Waals surface area contributed by atoms with Crippen molar-refractivity contribution in [3.05, 3.63) is 74.7 Å². The monoisotopic (exact) mass is 353 g/mol. The molecule has 1 atom stereocenters. The van der Waals surface area contributed by atoms with Gasteiger partial charge in [-0.05, 0) is 30.7 Å². The smallest absolute Gasteiger partial charge is 0.262 e. The van der Waals surface area contributed by atoms with Gasteiger partial charge in [-0.2, -0.15) is 5.26 Å². The van der Waals surface area contributed by atoms with Crippen molar-refractivity contribution < 1.29 is 0 Å². The maximum absolute atomic E-state index is 12.8. The second kappa shape index (κ2) is 5.74. The molecule has 1 heterocycles. The zero-order valence-corrected chi connectivity index (χ0v) is 13.4. The zero-order valence-electron chi connectivity index (χ0n) is 11.8. The van der Waals surface area contributed by atoms with Crippen molar-refractivity contribution in [3.63, 3.8) is 0 Å². The van der Waals surface area contributed by atoms with Gasteiger partial charge in [-0.25, -0.2) is 4.98 Å². The molecule has 2 aromatic carbocycles. The number of rotatable bonds is 2. The van der Waals surface area contributed by atoms with Crippen LogP contribution in [0.15, 0.2) is 57.8 Å². The van der Waals surface area contributed by atoms with Crippen molar-refractivity contribution in [1.82, 2.24) is 9.55 Å². The predicted octanol–water partition coefficient (Wildman–Crippen LogP) is 3.58. The highest BCUT2D eigenvalue weighted by Crippen LogP contribution is 2.20. The van der Waals surface area contributed by atoms with Crippen LogP contribution in [0, 0.1) is 18.3 Å². The van der Waals surface area contributed by atoms with Crippen LogP contribution in [0.25, 0.3) is 10.9 Å². The summed E-state index contributed by atoms with van der Waals surface area (Å²) in [6.07, 6.45) is 0. The Morgan fingerprint density at radius 3 is 2.64 bits per heavy atom. The summed E-state index contributed by atoms with van der Waals surface area (Å²) >= 11 is 3.37. The molecule has 3 rings (SSSR count). The first-order valence-electron chi connectivity index (χ1n) is 6.75. The Balaban J connectivity index is 2.31. The highest BCUT2D eigenvalue weighted by Gasteiger charge is 2.18. The van der Waals surface area contributed by atoms with E-state index in [0.717, 1.165) is 10.0 Å². The summed E-state index contributed by atoms with van der Waals surface area (Å²) in [5.41, 5.74) is 1.19. The Kier molecular flexibility index (Phi) is 3.78. The summed E-state index contributed by atoms with van der Waals surface area (Å²) in [5.74, 6) is 0.523. The van der Waals surface area contributed by atoms with E-state index in [1.165, 1.54) is 4.57 Å². The summed E-state index contributed by atoms with van der Waals surface area (Å²) in [6.45, 7) is 1.75. The molecule has 0 aliphatic carbocycles. The standard InChI is InChI=1S/C17H12BrN3O/c1-11-20-15-8-7-13(18)9-14(15)17(22)21(11)16(10-19)12-5-3-2-4-6-12/h2-9,16H,1H3. The molecule has 0 saturated carbocycles. The van der Waals surface area contributed by atoms with Crippen LogP contribution >= 0.6 is 15.9 Å². The number of nitriles is 1. The molecule has 1 unspecified atom stereocenters. The van der Waals surface area contributed by atoms with Crippen LogP contribution in [0.4, 0.5) is 0 Å². The van der Waals surface area contributed by atoms with Crippen LogP contribution in [-0.4, -0.2) is 9.55 Å². The first-order chi connectivity index (χ1) is 10.6. The van der Waals surface area contributed by atoms with Crippen LogP contribution in [-0.2, 0) is 0 Å². The number of aryl methyl sites for hydroxylation is 1. The molecule has 0 amide bonds. The van der Waals surface area contributed by atoms with E-state index in [2.05, 4.69) is 27.0 Å². The molecule has 0 aliphatic rings. The predicted molar refractivity (Wildman–Crippen MR) is 88.6 cm³/mol. The number of halogens is 1. The molecular formula is C17H12BrN3O. The second-order valence-electron chi connectivity index (χ2n) is 4.94. The van der Waals surface area contributed by atoms with E-state index in [1.54, 1.807) is 19.1 Å². The second-order valence-corrected chi connectivity index (χ2v) is 5.85. The molecule has 5 heteroatoms. The summed E-state index contributed by atoms with van der Waals surface area (Å²) < 4.78 is 2.26. The number of fused-ring (bicyclic) bond motifs is 1. The van der Waals surface area contributed by atoms with Gasteiger partial charge in [-0.1, -0.05) is 46.3 Å². The molecule has 0 saturated heterocycles. The fourth-order valence-corrected chi connectivity index (χ4v) is 2.86. The zero-order chi connectivity index (χ0) is 15.7. The lowest BCUT2D eigenvalue weighted by molar-refractivity contribution is 0.646. The number of benzene rings is 2. The minimum absolute atomic E-state index is 0.209. The van der Waals surface area contributed by atoms with Gasteiger partial charge in [0.25, 0.3) is 5.56 Å². The first kappa shape index (κ1) is 14.5. The van der Waals surface area contributed by atoms with E-state index in [1.807, 2.05) is 36.4 Å². The number of hydrogen-bond acceptors (Lipinski definition) is 3. The van der Waals surface area contributed by atoms with Crippen molar-refractivity contribution >= 4 is 26.8 Å². The largest absolute Gasteiger partial charge is 0.275 e. The Bertz CT molecular complexity index is 942. The molecule has 108 valence electrons. The Morgan fingerprint density at radius 1 is 1.23 bits per heavy atom. The van der Waals surface area contributed by atoms with Gasteiger partial charge in [-0.15, -0.1) is 0 Å². The van der Waals surface area contributed by atoms with Gasteiger partial charge in [0.05, 0.1) is 17.0 Å². The Hall–Kier alpha value is -2.45. The third kappa shape index (κ3) is 2.42. The lowest BCUT2D eigenvalue weighted by Gasteiger charge is -2.16. The average molecular weight is 354 g/mol. The fourth-order valence-electron chi connectivity index (χ4n) is 2.50. The van der Waals surface area contributed by atoms with E-state index in [-0.39, 0.29) is 5.56 Å². The van der Waals surface area contributed by atoms with E-state index >= 15 is 0 Å². The maximum Gasteiger partial charge on any atom is 0.262 e. The molecular weight excluding hydrogens is 342 g/mol. The molecule has 0 aliphatic heterocycles. The lowest BCUT2D eigenvalue weighted by Crippen LogP contribution is -2.28. The Morgan fingerprint density at radius 2 is 1.95 bits per heavy atom. The lowest BCUT2D eigenvalue weighted by atomic mass is 10.1. The van der Waals surface area contributed by atoms with Gasteiger partial charge in [-0.3, -0.25) is 9.36 Å². The van der Waals surface area contributed by atoms with Gasteiger partial charge < -0.3 is 0 Å². The minimum atomic E-state index is -0.690. The van der Waals surface area contributed by atoms with Crippen LogP contribution in [0.1, 0.15) is 17.4 Å². The summed E-state index contributed by atoms with van der Waals surface area (Å²) in [6, 6.07) is 16.2. The highest BCUT2D eigenvalue weighted by molar-refractivity contribution is 9.10. The van der Waals surface area contributed by atoms with Crippen LogP contribution in [0.2, 0.25) is 0 Å². The molecule has 1 aromatic heterocycles. The number of nitrogens with zero attached hydrogens (tertiary/aromatic N) is 3. The van der Waals surface area contributed by atoms with Crippen molar-refractivity contribution in [2.24, 2.45) is 0 Å². The van der Waals surface area contributed by atoms with E-state index in [9.17, 15) is 10.1 Å². The van der Waals surface area contributed by atoms with Gasteiger partial charge in [0, 0.05) is 4.47 Å². The molecule has 3 aromatic rings. The third-order valence-corrected chi connectivity index (χ3v) is 4.03. The first-order valence-corrected chi connectivity index (χ1v) is 7.54. The number of aromatic nitrogens is 2. The third-order valence-electron chi connectivity index (χ3n) is 3.53. The Labute approximate surface area is 135 Å². The highest BCUT2D eigenvalue weighted by atomic mass is 79.9. The van der Waals surface area contributed by atoms with E-state index < -0.39 is 6.04 Å². The van der Waals surface area contributed by atoms with Crippen molar-refractivity contribution in [3.8, 4) is 6.07 Å². The maximum atomic E-state index is 12.8. The topological polar surface area (TPSA) is 58.7 Å². The molecule has 4 nitrogen and oxygen atoms in total. The molecule has 0 spiro atoms. The van der Waals surface area contributed by atoms with Gasteiger partial charge in [0.2, 0.25) is 0 Å². The van der Waals surface area contributed by atoms with Crippen molar-refractivity contribution in [1.29, 1.82) is 5.26 Å². The van der Waals surface area contributed by atoms with Gasteiger partial charge in [0.1, 0.15) is 5.82 Å². The molecule has 22 heavy (non-hydrogen) atoms. The van der Waals surface area contributed by atoms with Crippen LogP contribution in [0.3, 0.4) is 0 Å². The number of hydrogen-bond donors (Lipinski definition) is 0. The quantitative estimate of drug-likeness (QED) is 0.707. The molecule has 0 N–H and O–H groups in total. The van der Waals surface area contributed by atoms with Gasteiger partial charge >= 0.3 is 0 Å². The fraction of sp³-hybridized carbons (Fsp3) is 0.118. The SMILES string of the molecule is Cc1nc2ccc(Br)cc2c(=O)n1C(C#N)c1ccccc1. The van der Waals surface area contributed by atoms with Gasteiger partial charge in [0.15, 0.2) is 6.04 Å². The molecule has 0 fully saturated rings. The normalized spacial score (nSPS) is 12.0. The van der Waals surface area contributed by atoms with E-state index in [4.69, 9.17) is 0 Å². The average Bonchev–Trinajstić information content (AvgIpc) is 2.53. The summed E-state index contributed by atoms with van der Waals surface area (Å²) in [4.78, 5) is 17.3. The molecule has 0 radical (unpaired) electrons. The summed E-state index contributed by atoms with van der Waals surface area (Å²) in [7, 11) is 0. The summed E-state index contributed by atoms with van der Waals surface area (Å²) in [5, 5.41) is 10.1. The van der Waals surface area contributed by atoms with E-state index in [0.29, 0.717) is 16.7 Å². The minimum Gasteiger partial charge on any atom is -0.275 e. The van der Waals surface area contributed by atoms with Crippen molar-refractivity contribution in [2.75, 3.05) is 0 Å². The van der Waals surface area contributed by atoms with Crippen LogP contribution < -0.4 is 5.56 Å². The van der Waals surface area contributed by atoms with Crippen molar-refractivity contribution in [2.45, 2.75) is 13.0 Å². The van der Waals surface area contributed by atoms with Crippen LogP contribution in [0.5, 0.6) is 0 Å². The molecule has 0 bridgehead atoms.